The van der Waals surface area contributed by atoms with E-state index >= 15 is 0 Å². The quantitative estimate of drug-likeness (QED) is 0.382. The number of rotatable bonds is 10. The molecule has 92 valence electrons. The summed E-state index contributed by atoms with van der Waals surface area (Å²) in [4.78, 5) is 10.7. The average Bonchev–Trinajstić information content (AvgIpc) is 2.25. The predicted molar refractivity (Wildman–Crippen MR) is 71.6 cm³/mol. The summed E-state index contributed by atoms with van der Waals surface area (Å²) < 4.78 is 0. The first-order valence-corrected chi connectivity index (χ1v) is 6.56. The smallest absolute Gasteiger partial charge is 0.129 e. The van der Waals surface area contributed by atoms with E-state index in [0.717, 1.165) is 25.7 Å². The highest BCUT2D eigenvalue weighted by atomic mass is 16.1. The molecule has 0 rings (SSSR count). The highest BCUT2D eigenvalue weighted by molar-refractivity contribution is 5.75. The molecular formula is C15H26O. The molecule has 0 aromatic rings. The van der Waals surface area contributed by atoms with E-state index < -0.39 is 0 Å². The molecule has 0 heterocycles. The summed E-state index contributed by atoms with van der Waals surface area (Å²) in [6, 6.07) is 0. The van der Waals surface area contributed by atoms with Crippen LogP contribution in [0.15, 0.2) is 24.3 Å². The second-order valence-corrected chi connectivity index (χ2v) is 4.27. The first-order chi connectivity index (χ1) is 7.77. The van der Waals surface area contributed by atoms with E-state index in [1.807, 2.05) is 0 Å². The van der Waals surface area contributed by atoms with Crippen LogP contribution >= 0.6 is 0 Å². The maximum absolute atomic E-state index is 10.7. The Morgan fingerprint density at radius 3 is 2.25 bits per heavy atom. The SMILES string of the molecule is CCC/C=C\C/C=C\CCCCCC(C)=O. The molecule has 0 unspecified atom stereocenters. The van der Waals surface area contributed by atoms with Crippen LogP contribution < -0.4 is 0 Å². The van der Waals surface area contributed by atoms with Gasteiger partial charge >= 0.3 is 0 Å². The van der Waals surface area contributed by atoms with Gasteiger partial charge in [-0.15, -0.1) is 0 Å². The lowest BCUT2D eigenvalue weighted by Gasteiger charge is -1.95. The molecule has 16 heavy (non-hydrogen) atoms. The van der Waals surface area contributed by atoms with Crippen LogP contribution in [-0.4, -0.2) is 5.78 Å². The number of allylic oxidation sites excluding steroid dienone is 4. The van der Waals surface area contributed by atoms with E-state index in [1.54, 1.807) is 6.92 Å². The molecule has 0 aromatic carbocycles. The van der Waals surface area contributed by atoms with Gasteiger partial charge in [-0.2, -0.15) is 0 Å². The highest BCUT2D eigenvalue weighted by Crippen LogP contribution is 2.04. The van der Waals surface area contributed by atoms with Crippen LogP contribution in [0.3, 0.4) is 0 Å². The van der Waals surface area contributed by atoms with Gasteiger partial charge in [0.15, 0.2) is 0 Å². The van der Waals surface area contributed by atoms with Crippen LogP contribution in [0, 0.1) is 0 Å². The lowest BCUT2D eigenvalue weighted by molar-refractivity contribution is -0.117. The Bertz CT molecular complexity index is 213. The van der Waals surface area contributed by atoms with Crippen LogP contribution in [-0.2, 0) is 4.79 Å². The van der Waals surface area contributed by atoms with E-state index in [1.165, 1.54) is 25.7 Å². The van der Waals surface area contributed by atoms with Crippen molar-refractivity contribution in [2.45, 2.75) is 65.2 Å². The predicted octanol–water partition coefficient (Wildman–Crippen LogP) is 4.83. The molecule has 0 aliphatic rings. The third-order valence-electron chi connectivity index (χ3n) is 2.46. The molecule has 0 radical (unpaired) electrons. The molecule has 0 saturated carbocycles. The van der Waals surface area contributed by atoms with Crippen LogP contribution in [0.2, 0.25) is 0 Å². The van der Waals surface area contributed by atoms with Crippen LogP contribution in [0.25, 0.3) is 0 Å². The fourth-order valence-corrected chi connectivity index (χ4v) is 1.49. The molecule has 0 aliphatic carbocycles. The summed E-state index contributed by atoms with van der Waals surface area (Å²) in [6.45, 7) is 3.86. The van der Waals surface area contributed by atoms with E-state index in [4.69, 9.17) is 0 Å². The summed E-state index contributed by atoms with van der Waals surface area (Å²) in [5.41, 5.74) is 0. The van der Waals surface area contributed by atoms with Crippen molar-refractivity contribution >= 4 is 5.78 Å². The molecule has 1 nitrogen and oxygen atoms in total. The second kappa shape index (κ2) is 12.2. The van der Waals surface area contributed by atoms with Crippen molar-refractivity contribution < 1.29 is 4.79 Å². The topological polar surface area (TPSA) is 17.1 Å². The lowest BCUT2D eigenvalue weighted by atomic mass is 10.1. The molecule has 0 saturated heterocycles. The Balaban J connectivity index is 3.18. The molecule has 0 spiro atoms. The Labute approximate surface area is 101 Å². The minimum atomic E-state index is 0.316. The highest BCUT2D eigenvalue weighted by Gasteiger charge is 1.92. The fourth-order valence-electron chi connectivity index (χ4n) is 1.49. The van der Waals surface area contributed by atoms with Crippen molar-refractivity contribution in [3.63, 3.8) is 0 Å². The van der Waals surface area contributed by atoms with Crippen molar-refractivity contribution in [1.82, 2.24) is 0 Å². The largest absolute Gasteiger partial charge is 0.300 e. The van der Waals surface area contributed by atoms with E-state index in [2.05, 4.69) is 31.2 Å². The molecule has 1 heteroatoms. The summed E-state index contributed by atoms with van der Waals surface area (Å²) in [6.07, 6.45) is 17.8. The van der Waals surface area contributed by atoms with Gasteiger partial charge < -0.3 is 4.79 Å². The molecule has 0 atom stereocenters. The van der Waals surface area contributed by atoms with Gasteiger partial charge in [0.1, 0.15) is 5.78 Å². The van der Waals surface area contributed by atoms with E-state index in [0.29, 0.717) is 5.78 Å². The van der Waals surface area contributed by atoms with Gasteiger partial charge in [0.2, 0.25) is 0 Å². The van der Waals surface area contributed by atoms with Crippen LogP contribution in [0.4, 0.5) is 0 Å². The first kappa shape index (κ1) is 15.2. The maximum Gasteiger partial charge on any atom is 0.129 e. The zero-order chi connectivity index (χ0) is 12.1. The van der Waals surface area contributed by atoms with Gasteiger partial charge in [0, 0.05) is 6.42 Å². The second-order valence-electron chi connectivity index (χ2n) is 4.27. The third kappa shape index (κ3) is 13.2. The van der Waals surface area contributed by atoms with Gasteiger partial charge in [-0.25, -0.2) is 0 Å². The molecule has 0 N–H and O–H groups in total. The Hall–Kier alpha value is -0.850. The van der Waals surface area contributed by atoms with E-state index in [-0.39, 0.29) is 0 Å². The molecule has 0 fully saturated rings. The lowest BCUT2D eigenvalue weighted by Crippen LogP contribution is -1.88. The Morgan fingerprint density at radius 2 is 1.62 bits per heavy atom. The van der Waals surface area contributed by atoms with Crippen LogP contribution in [0.5, 0.6) is 0 Å². The molecule has 0 aromatic heterocycles. The summed E-state index contributed by atoms with van der Waals surface area (Å²) in [5, 5.41) is 0. The van der Waals surface area contributed by atoms with Crippen LogP contribution in [0.1, 0.15) is 65.2 Å². The molecule has 0 bridgehead atoms. The van der Waals surface area contributed by atoms with Crippen molar-refractivity contribution in [2.75, 3.05) is 0 Å². The number of hydrogen-bond acceptors (Lipinski definition) is 1. The number of ketones is 1. The van der Waals surface area contributed by atoms with Gasteiger partial charge in [0.05, 0.1) is 0 Å². The number of carbonyl (C=O) groups excluding carboxylic acids is 1. The van der Waals surface area contributed by atoms with Crippen molar-refractivity contribution in [3.05, 3.63) is 24.3 Å². The zero-order valence-corrected chi connectivity index (χ0v) is 10.9. The fraction of sp³-hybridized carbons (Fsp3) is 0.667. The average molecular weight is 222 g/mol. The Kier molecular flexibility index (Phi) is 11.6. The maximum atomic E-state index is 10.7. The van der Waals surface area contributed by atoms with Gasteiger partial charge in [-0.1, -0.05) is 44.1 Å². The minimum absolute atomic E-state index is 0.316. The number of unbranched alkanes of at least 4 members (excludes halogenated alkanes) is 4. The summed E-state index contributed by atoms with van der Waals surface area (Å²) in [5.74, 6) is 0.316. The molecular weight excluding hydrogens is 196 g/mol. The summed E-state index contributed by atoms with van der Waals surface area (Å²) >= 11 is 0. The summed E-state index contributed by atoms with van der Waals surface area (Å²) in [7, 11) is 0. The Morgan fingerprint density at radius 1 is 0.938 bits per heavy atom. The van der Waals surface area contributed by atoms with Crippen molar-refractivity contribution in [3.8, 4) is 0 Å². The monoisotopic (exact) mass is 222 g/mol. The molecule has 0 aliphatic heterocycles. The number of Topliss-reactive ketones (excluding diaryl/α,β-unsaturated/α-hetero) is 1. The van der Waals surface area contributed by atoms with Crippen molar-refractivity contribution in [1.29, 1.82) is 0 Å². The van der Waals surface area contributed by atoms with E-state index in [9.17, 15) is 4.79 Å². The minimum Gasteiger partial charge on any atom is -0.300 e. The van der Waals surface area contributed by atoms with Gasteiger partial charge in [-0.05, 0) is 39.0 Å². The number of hydrogen-bond donors (Lipinski definition) is 0. The van der Waals surface area contributed by atoms with Gasteiger partial charge in [-0.3, -0.25) is 0 Å². The standard InChI is InChI=1S/C15H26O/c1-3-4-5-6-7-8-9-10-11-12-13-14-15(2)16/h5-6,8-9H,3-4,7,10-14H2,1-2H3/b6-5-,9-8-. The van der Waals surface area contributed by atoms with Crippen molar-refractivity contribution in [2.24, 2.45) is 0 Å². The third-order valence-corrected chi connectivity index (χ3v) is 2.46. The normalized spacial score (nSPS) is 11.6. The zero-order valence-electron chi connectivity index (χ0n) is 10.9. The van der Waals surface area contributed by atoms with Gasteiger partial charge in [0.25, 0.3) is 0 Å². The number of carbonyl (C=O) groups is 1. The first-order valence-electron chi connectivity index (χ1n) is 6.56. The molecule has 0 amide bonds.